The zero-order valence-corrected chi connectivity index (χ0v) is 5.03. The molecular weight excluding hydrogens is 166 g/mol. The highest BCUT2D eigenvalue weighted by Crippen LogP contribution is 2.37. The highest BCUT2D eigenvalue weighted by Gasteiger charge is 2.58. The van der Waals surface area contributed by atoms with Crippen LogP contribution in [0.5, 0.6) is 0 Å². The van der Waals surface area contributed by atoms with Crippen LogP contribution in [0.3, 0.4) is 0 Å². The summed E-state index contributed by atoms with van der Waals surface area (Å²) in [6, 6.07) is 0. The molecule has 0 rings (SSSR count). The van der Waals surface area contributed by atoms with Crippen LogP contribution in [0.4, 0.5) is 22.0 Å². The van der Waals surface area contributed by atoms with Gasteiger partial charge in [0.2, 0.25) is 0 Å². The lowest BCUT2D eigenvalue weighted by atomic mass is 10.6. The molecule has 0 aliphatic rings. The molecule has 0 spiro atoms. The smallest absolute Gasteiger partial charge is 0.297 e. The van der Waals surface area contributed by atoms with E-state index in [0.29, 0.717) is 0 Å². The Labute approximate surface area is 49.5 Å². The van der Waals surface area contributed by atoms with Crippen LogP contribution in [-0.2, 0) is 4.52 Å². The maximum Gasteiger partial charge on any atom is 0.483 e. The molecule has 1 unspecified atom stereocenters. The lowest BCUT2D eigenvalue weighted by Gasteiger charge is -2.15. The van der Waals surface area contributed by atoms with Gasteiger partial charge in [-0.1, -0.05) is 0 Å². The summed E-state index contributed by atoms with van der Waals surface area (Å²) in [5, 5.41) is 0. The maximum atomic E-state index is 11.3. The quantitative estimate of drug-likeness (QED) is 0.429. The van der Waals surface area contributed by atoms with Gasteiger partial charge in [-0.05, 0) is 0 Å². The predicted octanol–water partition coefficient (Wildman–Crippen LogP) is 1.95. The van der Waals surface area contributed by atoms with Crippen LogP contribution >= 0.6 is 9.47 Å². The Morgan fingerprint density at radius 3 is 1.33 bits per heavy atom. The Morgan fingerprint density at radius 2 is 1.33 bits per heavy atom. The first kappa shape index (κ1) is 9.04. The molecule has 0 aliphatic heterocycles. The van der Waals surface area contributed by atoms with Crippen LogP contribution in [0, 0.1) is 0 Å². The predicted molar refractivity (Wildman–Crippen MR) is 21.8 cm³/mol. The Kier molecular flexibility index (Phi) is 2.35. The summed E-state index contributed by atoms with van der Waals surface area (Å²) in [7, 11) is 0.841. The second kappa shape index (κ2) is 2.34. The Hall–Kier alpha value is 0.0400. The highest BCUT2D eigenvalue weighted by atomic mass is 31.0. The Morgan fingerprint density at radius 1 is 1.00 bits per heavy atom. The SMILES string of the molecule is FC(F)(F)C(F)(F)OP. The molecule has 0 fully saturated rings. The molecule has 0 heterocycles. The van der Waals surface area contributed by atoms with Gasteiger partial charge in [-0.25, -0.2) is 0 Å². The molecule has 0 N–H and O–H groups in total. The van der Waals surface area contributed by atoms with Crippen molar-refractivity contribution < 1.29 is 26.5 Å². The Bertz CT molecular complexity index is 97.6. The number of hydrogen-bond donors (Lipinski definition) is 0. The van der Waals surface area contributed by atoms with E-state index in [2.05, 4.69) is 4.52 Å². The average molecular weight is 168 g/mol. The summed E-state index contributed by atoms with van der Waals surface area (Å²) in [6.45, 7) is 0. The van der Waals surface area contributed by atoms with Gasteiger partial charge in [0.25, 0.3) is 0 Å². The summed E-state index contributed by atoms with van der Waals surface area (Å²) in [5.41, 5.74) is 0. The van der Waals surface area contributed by atoms with Gasteiger partial charge in [-0.15, -0.1) is 0 Å². The first-order chi connectivity index (χ1) is 3.81. The molecule has 7 heteroatoms. The molecule has 0 aromatic heterocycles. The normalized spacial score (nSPS) is 14.0. The van der Waals surface area contributed by atoms with Crippen LogP contribution in [0.1, 0.15) is 0 Å². The maximum absolute atomic E-state index is 11.3. The van der Waals surface area contributed by atoms with Crippen LogP contribution in [0.25, 0.3) is 0 Å². The van der Waals surface area contributed by atoms with Gasteiger partial charge in [0.1, 0.15) is 0 Å². The topological polar surface area (TPSA) is 9.23 Å². The number of halogens is 5. The van der Waals surface area contributed by atoms with Crippen molar-refractivity contribution in [2.75, 3.05) is 0 Å². The van der Waals surface area contributed by atoms with Crippen molar-refractivity contribution in [2.45, 2.75) is 12.3 Å². The summed E-state index contributed by atoms with van der Waals surface area (Å²) in [4.78, 5) is 0. The van der Waals surface area contributed by atoms with E-state index in [1.165, 1.54) is 0 Å². The van der Waals surface area contributed by atoms with E-state index in [-0.39, 0.29) is 0 Å². The van der Waals surface area contributed by atoms with Crippen molar-refractivity contribution in [1.29, 1.82) is 0 Å². The van der Waals surface area contributed by atoms with Gasteiger partial charge in [0.05, 0.1) is 0 Å². The van der Waals surface area contributed by atoms with E-state index in [9.17, 15) is 22.0 Å². The molecule has 0 saturated heterocycles. The fraction of sp³-hybridized carbons (Fsp3) is 1.00. The van der Waals surface area contributed by atoms with Gasteiger partial charge < -0.3 is 0 Å². The first-order valence-electron chi connectivity index (χ1n) is 1.63. The molecule has 1 atom stereocenters. The largest absolute Gasteiger partial charge is 0.483 e. The van der Waals surface area contributed by atoms with E-state index >= 15 is 0 Å². The fourth-order valence-electron chi connectivity index (χ4n) is 0.0668. The molecular formula is C2H2F5OP. The third-order valence-corrected chi connectivity index (χ3v) is 0.774. The zero-order chi connectivity index (χ0) is 7.71. The Balaban J connectivity index is 4.14. The van der Waals surface area contributed by atoms with Gasteiger partial charge in [-0.2, -0.15) is 22.0 Å². The molecule has 0 amide bonds. The van der Waals surface area contributed by atoms with Crippen LogP contribution in [0.2, 0.25) is 0 Å². The van der Waals surface area contributed by atoms with Gasteiger partial charge in [-0.3, -0.25) is 4.52 Å². The van der Waals surface area contributed by atoms with E-state index < -0.39 is 12.3 Å². The van der Waals surface area contributed by atoms with Crippen molar-refractivity contribution >= 4 is 9.47 Å². The minimum absolute atomic E-state index is 0.841. The van der Waals surface area contributed by atoms with Gasteiger partial charge >= 0.3 is 12.3 Å². The number of hydrogen-bond acceptors (Lipinski definition) is 1. The number of alkyl halides is 5. The standard InChI is InChI=1S/C2H2F5OP/c3-1(4,5)2(6,7)8-9/h9H2. The van der Waals surface area contributed by atoms with Crippen LogP contribution in [-0.4, -0.2) is 12.3 Å². The third kappa shape index (κ3) is 2.02. The average Bonchev–Trinajstić information content (AvgIpc) is 1.64. The van der Waals surface area contributed by atoms with E-state index in [1.807, 2.05) is 0 Å². The van der Waals surface area contributed by atoms with Crippen LogP contribution in [0.15, 0.2) is 0 Å². The lowest BCUT2D eigenvalue weighted by Crippen LogP contribution is -2.36. The minimum Gasteiger partial charge on any atom is -0.297 e. The molecule has 9 heavy (non-hydrogen) atoms. The van der Waals surface area contributed by atoms with E-state index in [4.69, 9.17) is 0 Å². The van der Waals surface area contributed by atoms with Gasteiger partial charge in [0.15, 0.2) is 0 Å². The molecule has 0 aromatic rings. The van der Waals surface area contributed by atoms with Crippen molar-refractivity contribution in [1.82, 2.24) is 0 Å². The number of rotatable bonds is 1. The second-order valence-electron chi connectivity index (χ2n) is 1.13. The van der Waals surface area contributed by atoms with Crippen molar-refractivity contribution in [3.63, 3.8) is 0 Å². The van der Waals surface area contributed by atoms with Crippen LogP contribution < -0.4 is 0 Å². The van der Waals surface area contributed by atoms with Crippen molar-refractivity contribution in [3.8, 4) is 0 Å². The summed E-state index contributed by atoms with van der Waals surface area (Å²) >= 11 is 0. The molecule has 0 aromatic carbocycles. The molecule has 56 valence electrons. The summed E-state index contributed by atoms with van der Waals surface area (Å²) in [5.74, 6) is 0. The molecule has 0 radical (unpaired) electrons. The first-order valence-corrected chi connectivity index (χ1v) is 2.11. The van der Waals surface area contributed by atoms with Gasteiger partial charge in [0, 0.05) is 9.47 Å². The molecule has 0 bridgehead atoms. The monoisotopic (exact) mass is 168 g/mol. The summed E-state index contributed by atoms with van der Waals surface area (Å²) in [6.07, 6.45) is -10.7. The van der Waals surface area contributed by atoms with E-state index in [1.54, 1.807) is 0 Å². The zero-order valence-electron chi connectivity index (χ0n) is 3.88. The third-order valence-electron chi connectivity index (χ3n) is 0.478. The van der Waals surface area contributed by atoms with Crippen molar-refractivity contribution in [3.05, 3.63) is 0 Å². The second-order valence-corrected chi connectivity index (χ2v) is 1.37. The van der Waals surface area contributed by atoms with Crippen molar-refractivity contribution in [2.24, 2.45) is 0 Å². The lowest BCUT2D eigenvalue weighted by molar-refractivity contribution is -0.357. The minimum atomic E-state index is -5.63. The van der Waals surface area contributed by atoms with E-state index in [0.717, 1.165) is 9.47 Å². The molecule has 1 nitrogen and oxygen atoms in total. The molecule has 0 saturated carbocycles. The fourth-order valence-corrected chi connectivity index (χ4v) is 0.200. The summed E-state index contributed by atoms with van der Waals surface area (Å²) < 4.78 is 58.2. The molecule has 0 aliphatic carbocycles. The highest BCUT2D eigenvalue weighted by molar-refractivity contribution is 7.09.